The molecule has 136 valence electrons. The van der Waals surface area contributed by atoms with Crippen LogP contribution in [0.2, 0.25) is 0 Å². The molecular weight excluding hydrogens is 326 g/mol. The zero-order valence-corrected chi connectivity index (χ0v) is 15.6. The summed E-state index contributed by atoms with van der Waals surface area (Å²) in [5, 5.41) is 8.85. The Balaban J connectivity index is 1.62. The summed E-state index contributed by atoms with van der Waals surface area (Å²) in [6.45, 7) is 2.30. The smallest absolute Gasteiger partial charge is 0.226 e. The molecule has 1 saturated heterocycles. The monoisotopic (exact) mass is 355 g/mol. The number of anilines is 1. The second-order valence-electron chi connectivity index (χ2n) is 7.40. The fourth-order valence-electron chi connectivity index (χ4n) is 3.96. The Morgan fingerprint density at radius 1 is 1.12 bits per heavy atom. The molecule has 1 saturated carbocycles. The van der Waals surface area contributed by atoms with Gasteiger partial charge in [-0.05, 0) is 24.7 Å². The van der Waals surface area contributed by atoms with Crippen molar-refractivity contribution in [3.63, 3.8) is 0 Å². The van der Waals surface area contributed by atoms with Gasteiger partial charge in [-0.15, -0.1) is 10.2 Å². The average Bonchev–Trinajstić information content (AvgIpc) is 3.16. The first-order valence-electron chi connectivity index (χ1n) is 9.00. The van der Waals surface area contributed by atoms with Crippen molar-refractivity contribution in [2.75, 3.05) is 30.8 Å². The summed E-state index contributed by atoms with van der Waals surface area (Å²) in [4.78, 5) is 2.25. The molecule has 1 aromatic heterocycles. The molecule has 3 rings (SSSR count). The maximum absolute atomic E-state index is 11.3. The van der Waals surface area contributed by atoms with Crippen LogP contribution in [-0.4, -0.2) is 49.1 Å². The molecule has 2 aliphatic rings. The van der Waals surface area contributed by atoms with E-state index in [1.165, 1.54) is 31.9 Å². The van der Waals surface area contributed by atoms with Gasteiger partial charge in [0.1, 0.15) is 5.82 Å². The first-order valence-corrected chi connectivity index (χ1v) is 10.9. The van der Waals surface area contributed by atoms with E-state index in [-0.39, 0.29) is 0 Å². The Hall–Kier alpha value is -1.15. The number of nitrogens with zero attached hydrogens (tertiary/aromatic N) is 4. The van der Waals surface area contributed by atoms with Crippen LogP contribution < -0.4 is 9.62 Å². The van der Waals surface area contributed by atoms with E-state index < -0.39 is 10.0 Å². The zero-order valence-electron chi connectivity index (χ0n) is 14.7. The van der Waals surface area contributed by atoms with Crippen LogP contribution in [0.25, 0.3) is 0 Å². The van der Waals surface area contributed by atoms with Crippen molar-refractivity contribution in [3.05, 3.63) is 5.82 Å². The van der Waals surface area contributed by atoms with Gasteiger partial charge in [-0.25, -0.2) is 13.1 Å². The molecular formula is C16H29N5O2S. The van der Waals surface area contributed by atoms with E-state index in [4.69, 9.17) is 0 Å². The predicted molar refractivity (Wildman–Crippen MR) is 94.4 cm³/mol. The number of nitrogens with one attached hydrogen (secondary N) is 1. The van der Waals surface area contributed by atoms with E-state index in [0.29, 0.717) is 12.5 Å². The third-order valence-electron chi connectivity index (χ3n) is 5.32. The van der Waals surface area contributed by atoms with Crippen LogP contribution in [0.4, 0.5) is 5.95 Å². The van der Waals surface area contributed by atoms with Crippen LogP contribution in [0, 0.1) is 11.8 Å². The van der Waals surface area contributed by atoms with Gasteiger partial charge < -0.3 is 9.47 Å². The lowest BCUT2D eigenvalue weighted by atomic mass is 9.99. The lowest BCUT2D eigenvalue weighted by Crippen LogP contribution is -2.41. The summed E-state index contributed by atoms with van der Waals surface area (Å²) < 4.78 is 27.4. The number of rotatable bonds is 6. The number of hydrogen-bond donors (Lipinski definition) is 1. The standard InChI is InChI=1S/C16H29N5O2S/c1-20-15(10-13-6-3-4-7-13)18-19-16(20)21-9-5-8-14(12-21)11-17-24(2,22)23/h13-14,17H,3-12H2,1-2H3. The SMILES string of the molecule is Cn1c(CC2CCCC2)nnc1N1CCCC(CNS(C)(=O)=O)C1. The molecule has 1 aromatic rings. The minimum absolute atomic E-state index is 0.323. The van der Waals surface area contributed by atoms with E-state index in [1.54, 1.807) is 0 Å². The zero-order chi connectivity index (χ0) is 17.2. The summed E-state index contributed by atoms with van der Waals surface area (Å²) in [5.74, 6) is 3.08. The normalized spacial score (nSPS) is 23.1. The molecule has 0 bridgehead atoms. The van der Waals surface area contributed by atoms with Crippen molar-refractivity contribution in [1.82, 2.24) is 19.5 Å². The maximum Gasteiger partial charge on any atom is 0.226 e. The molecule has 1 N–H and O–H groups in total. The Labute approximate surface area is 144 Å². The molecule has 8 heteroatoms. The molecule has 24 heavy (non-hydrogen) atoms. The highest BCUT2D eigenvalue weighted by molar-refractivity contribution is 7.88. The quantitative estimate of drug-likeness (QED) is 0.832. The van der Waals surface area contributed by atoms with Crippen LogP contribution in [0.5, 0.6) is 0 Å². The summed E-state index contributed by atoms with van der Waals surface area (Å²) in [6.07, 6.45) is 9.65. The Kier molecular flexibility index (Phi) is 5.44. The summed E-state index contributed by atoms with van der Waals surface area (Å²) in [7, 11) is -1.07. The first-order chi connectivity index (χ1) is 11.4. The minimum Gasteiger partial charge on any atom is -0.341 e. The van der Waals surface area contributed by atoms with Crippen LogP contribution in [0.15, 0.2) is 0 Å². The predicted octanol–water partition coefficient (Wildman–Crippen LogP) is 1.31. The lowest BCUT2D eigenvalue weighted by molar-refractivity contribution is 0.405. The molecule has 1 unspecified atom stereocenters. The van der Waals surface area contributed by atoms with Gasteiger partial charge in [0.25, 0.3) is 0 Å². The van der Waals surface area contributed by atoms with Gasteiger partial charge in [0.2, 0.25) is 16.0 Å². The van der Waals surface area contributed by atoms with Crippen LogP contribution in [-0.2, 0) is 23.5 Å². The van der Waals surface area contributed by atoms with Crippen molar-refractivity contribution < 1.29 is 8.42 Å². The van der Waals surface area contributed by atoms with E-state index in [2.05, 4.69) is 31.4 Å². The highest BCUT2D eigenvalue weighted by atomic mass is 32.2. The molecule has 0 aromatic carbocycles. The topological polar surface area (TPSA) is 80.1 Å². The van der Waals surface area contributed by atoms with Crippen molar-refractivity contribution >= 4 is 16.0 Å². The highest BCUT2D eigenvalue weighted by Crippen LogP contribution is 2.28. The summed E-state index contributed by atoms with van der Waals surface area (Å²) in [5.41, 5.74) is 0. The fourth-order valence-corrected chi connectivity index (χ4v) is 4.50. The molecule has 1 atom stereocenters. The number of aromatic nitrogens is 3. The van der Waals surface area contributed by atoms with Crippen LogP contribution >= 0.6 is 0 Å². The Bertz CT molecular complexity index is 651. The average molecular weight is 356 g/mol. The number of sulfonamides is 1. The van der Waals surface area contributed by atoms with E-state index in [0.717, 1.165) is 50.0 Å². The number of hydrogen-bond acceptors (Lipinski definition) is 5. The summed E-state index contributed by atoms with van der Waals surface area (Å²) >= 11 is 0. The molecule has 7 nitrogen and oxygen atoms in total. The largest absolute Gasteiger partial charge is 0.341 e. The minimum atomic E-state index is -3.12. The van der Waals surface area contributed by atoms with Crippen molar-refractivity contribution in [1.29, 1.82) is 0 Å². The Morgan fingerprint density at radius 3 is 2.54 bits per heavy atom. The van der Waals surface area contributed by atoms with Gasteiger partial charge in [0.05, 0.1) is 6.26 Å². The Morgan fingerprint density at radius 2 is 1.83 bits per heavy atom. The van der Waals surface area contributed by atoms with E-state index in [1.807, 2.05) is 0 Å². The van der Waals surface area contributed by atoms with E-state index in [9.17, 15) is 8.42 Å². The van der Waals surface area contributed by atoms with Crippen molar-refractivity contribution in [2.45, 2.75) is 44.9 Å². The van der Waals surface area contributed by atoms with E-state index >= 15 is 0 Å². The molecule has 2 fully saturated rings. The first kappa shape index (κ1) is 17.7. The second kappa shape index (κ2) is 7.39. The van der Waals surface area contributed by atoms with Crippen LogP contribution in [0.1, 0.15) is 44.3 Å². The van der Waals surface area contributed by atoms with Gasteiger partial charge in [-0.1, -0.05) is 25.7 Å². The lowest BCUT2D eigenvalue weighted by Gasteiger charge is -2.33. The third-order valence-corrected chi connectivity index (χ3v) is 6.02. The molecule has 2 heterocycles. The summed E-state index contributed by atoms with van der Waals surface area (Å²) in [6, 6.07) is 0. The van der Waals surface area contributed by atoms with Gasteiger partial charge in [0, 0.05) is 33.1 Å². The molecule has 1 aliphatic heterocycles. The fraction of sp³-hybridized carbons (Fsp3) is 0.875. The third kappa shape index (κ3) is 4.47. The van der Waals surface area contributed by atoms with Gasteiger partial charge in [-0.2, -0.15) is 0 Å². The highest BCUT2D eigenvalue weighted by Gasteiger charge is 2.25. The number of piperidine rings is 1. The van der Waals surface area contributed by atoms with Gasteiger partial charge in [-0.3, -0.25) is 0 Å². The molecule has 0 spiro atoms. The molecule has 0 amide bonds. The van der Waals surface area contributed by atoms with Gasteiger partial charge >= 0.3 is 0 Å². The van der Waals surface area contributed by atoms with Crippen molar-refractivity contribution in [3.8, 4) is 0 Å². The van der Waals surface area contributed by atoms with Gasteiger partial charge in [0.15, 0.2) is 0 Å². The van der Waals surface area contributed by atoms with Crippen LogP contribution in [0.3, 0.4) is 0 Å². The second-order valence-corrected chi connectivity index (χ2v) is 9.24. The maximum atomic E-state index is 11.3. The molecule has 0 radical (unpaired) electrons. The molecule has 1 aliphatic carbocycles. The van der Waals surface area contributed by atoms with Crippen molar-refractivity contribution in [2.24, 2.45) is 18.9 Å².